The van der Waals surface area contributed by atoms with E-state index in [-0.39, 0.29) is 0 Å². The van der Waals surface area contributed by atoms with Crippen molar-refractivity contribution in [3.05, 3.63) is 0 Å². The zero-order valence-corrected chi connectivity index (χ0v) is 8.40. The normalized spacial score (nSPS) is 12.4. The zero-order valence-electron chi connectivity index (χ0n) is 6.40. The van der Waals surface area contributed by atoms with E-state index in [0.29, 0.717) is 12.1 Å². The van der Waals surface area contributed by atoms with E-state index in [0.717, 1.165) is 6.98 Å². The fourth-order valence-electron chi connectivity index (χ4n) is 0.760. The third kappa shape index (κ3) is 3.47. The summed E-state index contributed by atoms with van der Waals surface area (Å²) in [4.78, 5) is 0. The first-order valence-electron chi connectivity index (χ1n) is 3.18. The fourth-order valence-corrected chi connectivity index (χ4v) is 2.62. The van der Waals surface area contributed by atoms with E-state index in [1.807, 2.05) is 0 Å². The van der Waals surface area contributed by atoms with Crippen LogP contribution in [0.15, 0.2) is 0 Å². The van der Waals surface area contributed by atoms with Crippen molar-refractivity contribution < 1.29 is 15.1 Å². The molecule has 0 amide bonds. The van der Waals surface area contributed by atoms with Gasteiger partial charge in [-0.2, -0.15) is 0 Å². The molecule has 0 spiro atoms. The van der Waals surface area contributed by atoms with Gasteiger partial charge in [0.1, 0.15) is 0 Å². The summed E-state index contributed by atoms with van der Waals surface area (Å²) < 4.78 is 2.32. The summed E-state index contributed by atoms with van der Waals surface area (Å²) >= 11 is 3.83. The molecule has 0 heterocycles. The third-order valence-electron chi connectivity index (χ3n) is 1.14. The van der Waals surface area contributed by atoms with Crippen molar-refractivity contribution in [2.45, 2.75) is 39.8 Å². The topological polar surface area (TPSA) is 3.24 Å². The van der Waals surface area contributed by atoms with Crippen LogP contribution in [-0.2, 0) is 15.1 Å². The molecule has 0 aromatic carbocycles. The Hall–Kier alpha value is 0.779. The minimum absolute atomic E-state index is 0.615. The van der Waals surface area contributed by atoms with Gasteiger partial charge in [-0.3, -0.25) is 0 Å². The molecule has 9 heavy (non-hydrogen) atoms. The maximum atomic E-state index is 3.83. The van der Waals surface area contributed by atoms with Gasteiger partial charge in [0.25, 0.3) is 0 Å². The second-order valence-corrected chi connectivity index (χ2v) is 3.90. The second-order valence-electron chi connectivity index (χ2n) is 2.64. The SMILES string of the molecule is CC(C)N([P]=[Fe])C(C)C. The van der Waals surface area contributed by atoms with Crippen molar-refractivity contribution in [3.8, 4) is 0 Å². The van der Waals surface area contributed by atoms with E-state index in [1.165, 1.54) is 0 Å². The molecule has 0 fully saturated rings. The summed E-state index contributed by atoms with van der Waals surface area (Å²) in [6.45, 7) is 9.90. The van der Waals surface area contributed by atoms with Crippen LogP contribution >= 0.6 is 6.98 Å². The molecule has 0 aliphatic carbocycles. The maximum absolute atomic E-state index is 3.83. The molecule has 3 heteroatoms. The summed E-state index contributed by atoms with van der Waals surface area (Å²) in [6, 6.07) is 1.23. The summed E-state index contributed by atoms with van der Waals surface area (Å²) in [5.74, 6) is 0. The van der Waals surface area contributed by atoms with Crippen LogP contribution in [0.2, 0.25) is 0 Å². The molecular weight excluding hydrogens is 173 g/mol. The van der Waals surface area contributed by atoms with Crippen LogP contribution in [0.4, 0.5) is 0 Å². The van der Waals surface area contributed by atoms with Crippen molar-refractivity contribution in [2.24, 2.45) is 0 Å². The fraction of sp³-hybridized carbons (Fsp3) is 1.00. The molecule has 0 aromatic heterocycles. The average Bonchev–Trinajstić information content (AvgIpc) is 1.64. The van der Waals surface area contributed by atoms with E-state index < -0.39 is 0 Å². The molecule has 0 atom stereocenters. The van der Waals surface area contributed by atoms with Gasteiger partial charge in [-0.05, 0) is 0 Å². The van der Waals surface area contributed by atoms with Crippen molar-refractivity contribution in [1.29, 1.82) is 0 Å². The predicted octanol–water partition coefficient (Wildman–Crippen LogP) is 2.43. The van der Waals surface area contributed by atoms with Gasteiger partial charge in [0.2, 0.25) is 0 Å². The van der Waals surface area contributed by atoms with Gasteiger partial charge in [-0.1, -0.05) is 0 Å². The molecule has 0 aliphatic heterocycles. The Kier molecular flexibility index (Phi) is 4.97. The van der Waals surface area contributed by atoms with Crippen LogP contribution in [0.5, 0.6) is 0 Å². The number of rotatable bonds is 3. The van der Waals surface area contributed by atoms with Crippen molar-refractivity contribution in [3.63, 3.8) is 0 Å². The third-order valence-corrected chi connectivity index (χ3v) is 2.99. The van der Waals surface area contributed by atoms with Crippen molar-refractivity contribution in [1.82, 2.24) is 4.67 Å². The van der Waals surface area contributed by atoms with E-state index >= 15 is 0 Å². The Bertz CT molecular complexity index is 85.1. The van der Waals surface area contributed by atoms with Crippen LogP contribution in [-0.4, -0.2) is 16.8 Å². The van der Waals surface area contributed by atoms with E-state index in [2.05, 4.69) is 47.5 Å². The van der Waals surface area contributed by atoms with Gasteiger partial charge in [0.05, 0.1) is 0 Å². The summed E-state index contributed by atoms with van der Waals surface area (Å²) in [5, 5.41) is 0. The molecule has 56 valence electrons. The zero-order chi connectivity index (χ0) is 7.44. The van der Waals surface area contributed by atoms with Gasteiger partial charge in [0.15, 0.2) is 0 Å². The van der Waals surface area contributed by atoms with Gasteiger partial charge >= 0.3 is 66.5 Å². The molecule has 0 bridgehead atoms. The van der Waals surface area contributed by atoms with Crippen molar-refractivity contribution >= 4 is 6.98 Å². The first-order chi connectivity index (χ1) is 4.09. The molecule has 0 aromatic rings. The number of nitrogens with zero attached hydrogens (tertiary/aromatic N) is 1. The summed E-state index contributed by atoms with van der Waals surface area (Å²) in [6.07, 6.45) is 0. The van der Waals surface area contributed by atoms with Crippen LogP contribution < -0.4 is 0 Å². The Labute approximate surface area is 66.9 Å². The Morgan fingerprint density at radius 3 is 1.44 bits per heavy atom. The Morgan fingerprint density at radius 1 is 1.11 bits per heavy atom. The second kappa shape index (κ2) is 4.57. The predicted molar refractivity (Wildman–Crippen MR) is 39.0 cm³/mol. The quantitative estimate of drug-likeness (QED) is 0.484. The van der Waals surface area contributed by atoms with Gasteiger partial charge in [0, 0.05) is 0 Å². The molecule has 0 saturated heterocycles. The molecule has 1 nitrogen and oxygen atoms in total. The minimum atomic E-state index is 0.615. The Morgan fingerprint density at radius 2 is 1.44 bits per heavy atom. The van der Waals surface area contributed by atoms with E-state index in [4.69, 9.17) is 0 Å². The number of hydrogen-bond acceptors (Lipinski definition) is 1. The molecule has 0 N–H and O–H groups in total. The van der Waals surface area contributed by atoms with Crippen LogP contribution in [0.25, 0.3) is 0 Å². The molecule has 0 unspecified atom stereocenters. The van der Waals surface area contributed by atoms with Gasteiger partial charge in [-0.25, -0.2) is 0 Å². The van der Waals surface area contributed by atoms with Crippen LogP contribution in [0.3, 0.4) is 0 Å². The summed E-state index contributed by atoms with van der Waals surface area (Å²) in [7, 11) is 0. The standard InChI is InChI=1S/C6H14NP.Fe/c1-5(2)7(8)6(3)4;/h5-6H,1-4H3;. The molecule has 0 aliphatic rings. The first-order valence-corrected chi connectivity index (χ1v) is 5.38. The molecule has 0 saturated carbocycles. The van der Waals surface area contributed by atoms with E-state index in [1.54, 1.807) is 0 Å². The average molecular weight is 187 g/mol. The molecule has 0 radical (unpaired) electrons. The van der Waals surface area contributed by atoms with Crippen LogP contribution in [0, 0.1) is 0 Å². The van der Waals surface area contributed by atoms with E-state index in [9.17, 15) is 0 Å². The van der Waals surface area contributed by atoms with Gasteiger partial charge in [-0.15, -0.1) is 0 Å². The summed E-state index contributed by atoms with van der Waals surface area (Å²) in [5.41, 5.74) is 0. The molecular formula is C6H14FeNP. The van der Waals surface area contributed by atoms with Crippen molar-refractivity contribution in [2.75, 3.05) is 0 Å². The molecule has 0 rings (SSSR count). The van der Waals surface area contributed by atoms with Gasteiger partial charge < -0.3 is 0 Å². The monoisotopic (exact) mass is 187 g/mol. The van der Waals surface area contributed by atoms with Crippen LogP contribution in [0.1, 0.15) is 27.7 Å². The number of hydrogen-bond donors (Lipinski definition) is 0. The Balaban J connectivity index is 3.82. The first kappa shape index (κ1) is 9.78.